The predicted octanol–water partition coefficient (Wildman–Crippen LogP) is 0.00410. The number of ether oxygens (including phenoxy) is 1. The van der Waals surface area contributed by atoms with Gasteiger partial charge in [0.15, 0.2) is 28.2 Å². The highest BCUT2D eigenvalue weighted by Gasteiger charge is 2.50. The summed E-state index contributed by atoms with van der Waals surface area (Å²) in [4.78, 5) is 46.0. The number of rotatable bonds is 4. The number of aliphatic imine (C=N–C) groups is 1. The van der Waals surface area contributed by atoms with E-state index in [1.54, 1.807) is 0 Å². The molecule has 1 aromatic rings. The van der Waals surface area contributed by atoms with Crippen molar-refractivity contribution in [3.8, 4) is 0 Å². The van der Waals surface area contributed by atoms with Crippen LogP contribution < -0.4 is 5.32 Å². The number of nitrogens with zero attached hydrogens (tertiary/aromatic N) is 3. The first-order chi connectivity index (χ1) is 15.5. The Hall–Kier alpha value is -2.86. The Morgan fingerprint density at radius 2 is 1.97 bits per heavy atom. The van der Waals surface area contributed by atoms with Gasteiger partial charge in [-0.1, -0.05) is 12.1 Å². The van der Waals surface area contributed by atoms with Crippen molar-refractivity contribution < 1.29 is 31.9 Å². The van der Waals surface area contributed by atoms with Crippen LogP contribution in [0.4, 0.5) is 4.39 Å². The topological polar surface area (TPSA) is 125 Å². The van der Waals surface area contributed by atoms with Gasteiger partial charge < -0.3 is 15.0 Å². The molecule has 178 valence electrons. The minimum atomic E-state index is -3.54. The number of carbonyl (C=O) groups excluding carboxylic acids is 3. The second kappa shape index (κ2) is 8.82. The molecule has 4 rings (SSSR count). The van der Waals surface area contributed by atoms with Crippen molar-refractivity contribution in [2.45, 2.75) is 43.7 Å². The fraction of sp³-hybridized carbons (Fsp3) is 0.524. The smallest absolute Gasteiger partial charge is 0.260 e. The van der Waals surface area contributed by atoms with Gasteiger partial charge in [-0.15, -0.1) is 0 Å². The van der Waals surface area contributed by atoms with Crippen LogP contribution >= 0.6 is 0 Å². The van der Waals surface area contributed by atoms with E-state index in [1.807, 2.05) is 0 Å². The van der Waals surface area contributed by atoms with E-state index in [2.05, 4.69) is 10.3 Å². The van der Waals surface area contributed by atoms with Crippen molar-refractivity contribution in [1.29, 1.82) is 0 Å². The molecule has 2 fully saturated rings. The van der Waals surface area contributed by atoms with Gasteiger partial charge in [-0.05, 0) is 31.4 Å². The molecule has 1 N–H and O–H groups in total. The molecule has 10 nitrogen and oxygen atoms in total. The molecule has 0 spiro atoms. The highest BCUT2D eigenvalue weighted by molar-refractivity contribution is 7.91. The van der Waals surface area contributed by atoms with E-state index in [0.717, 1.165) is 6.26 Å². The number of carbonyl (C=O) groups is 3. The maximum absolute atomic E-state index is 13.4. The van der Waals surface area contributed by atoms with Gasteiger partial charge >= 0.3 is 0 Å². The first-order valence-electron chi connectivity index (χ1n) is 10.6. The lowest BCUT2D eigenvalue weighted by atomic mass is 10.0. The second-order valence-electron chi connectivity index (χ2n) is 8.51. The number of hydrogen-bond acceptors (Lipinski definition) is 7. The van der Waals surface area contributed by atoms with Crippen molar-refractivity contribution in [3.05, 3.63) is 35.6 Å². The number of hydrogen-bond donors (Lipinski definition) is 1. The van der Waals surface area contributed by atoms with Gasteiger partial charge in [0.25, 0.3) is 5.91 Å². The van der Waals surface area contributed by atoms with Crippen molar-refractivity contribution in [3.63, 3.8) is 0 Å². The van der Waals surface area contributed by atoms with E-state index in [9.17, 15) is 27.2 Å². The monoisotopic (exact) mass is 480 g/mol. The average molecular weight is 481 g/mol. The zero-order valence-electron chi connectivity index (χ0n) is 18.2. The average Bonchev–Trinajstić information content (AvgIpc) is 2.96. The number of halogens is 1. The summed E-state index contributed by atoms with van der Waals surface area (Å²) in [5.74, 6) is -2.40. The third kappa shape index (κ3) is 4.76. The Labute approximate surface area is 190 Å². The van der Waals surface area contributed by atoms with E-state index in [-0.39, 0.29) is 5.84 Å². The number of sulfone groups is 1. The molecule has 12 heteroatoms. The van der Waals surface area contributed by atoms with Gasteiger partial charge in [0, 0.05) is 25.4 Å². The summed E-state index contributed by atoms with van der Waals surface area (Å²) < 4.78 is 42.3. The number of fused-ring (bicyclic) bond motifs is 2. The normalized spacial score (nSPS) is 27.6. The minimum Gasteiger partial charge on any atom is -0.338 e. The molecule has 3 amide bonds. The maximum atomic E-state index is 13.4. The van der Waals surface area contributed by atoms with Gasteiger partial charge in [-0.3, -0.25) is 24.3 Å². The number of amides is 3. The van der Waals surface area contributed by atoms with Gasteiger partial charge in [-0.2, -0.15) is 0 Å². The van der Waals surface area contributed by atoms with Crippen molar-refractivity contribution >= 4 is 33.4 Å². The second-order valence-corrected chi connectivity index (χ2v) is 10.6. The van der Waals surface area contributed by atoms with Crippen LogP contribution in [0.15, 0.2) is 29.3 Å². The van der Waals surface area contributed by atoms with Gasteiger partial charge in [0.05, 0.1) is 6.04 Å². The van der Waals surface area contributed by atoms with Crippen molar-refractivity contribution in [2.75, 3.05) is 25.6 Å². The van der Waals surface area contributed by atoms with Gasteiger partial charge in [0.2, 0.25) is 11.8 Å². The Bertz CT molecular complexity index is 1110. The van der Waals surface area contributed by atoms with Crippen LogP contribution in [0.3, 0.4) is 0 Å². The summed E-state index contributed by atoms with van der Waals surface area (Å²) >= 11 is 0. The predicted molar refractivity (Wildman–Crippen MR) is 115 cm³/mol. The van der Waals surface area contributed by atoms with E-state index in [4.69, 9.17) is 4.74 Å². The summed E-state index contributed by atoms with van der Waals surface area (Å²) in [5, 5.41) is 2.66. The summed E-state index contributed by atoms with van der Waals surface area (Å²) in [6, 6.07) is 3.62. The molecule has 3 heterocycles. The third-order valence-corrected chi connectivity index (χ3v) is 6.77. The fourth-order valence-corrected chi connectivity index (χ4v) is 4.95. The Balaban J connectivity index is 1.63. The molecule has 0 radical (unpaired) electrons. The van der Waals surface area contributed by atoms with Gasteiger partial charge in [-0.25, -0.2) is 12.8 Å². The van der Waals surface area contributed by atoms with Crippen LogP contribution in [0.2, 0.25) is 0 Å². The molecule has 1 aromatic carbocycles. The van der Waals surface area contributed by atoms with Crippen LogP contribution in [0.1, 0.15) is 31.1 Å². The quantitative estimate of drug-likeness (QED) is 0.647. The highest BCUT2D eigenvalue weighted by atomic mass is 32.2. The molecule has 33 heavy (non-hydrogen) atoms. The molecule has 0 saturated carbocycles. The van der Waals surface area contributed by atoms with Crippen molar-refractivity contribution in [1.82, 2.24) is 15.1 Å². The fourth-order valence-electron chi connectivity index (χ4n) is 4.30. The minimum absolute atomic E-state index is 0.266. The molecular weight excluding hydrogens is 455 g/mol. The summed E-state index contributed by atoms with van der Waals surface area (Å²) in [5.41, 5.74) is 0.491. The van der Waals surface area contributed by atoms with Crippen molar-refractivity contribution in [2.24, 2.45) is 4.99 Å². The molecule has 2 saturated heterocycles. The maximum Gasteiger partial charge on any atom is 0.260 e. The molecule has 0 aromatic heterocycles. The Morgan fingerprint density at radius 3 is 2.64 bits per heavy atom. The van der Waals surface area contributed by atoms with Crippen LogP contribution in [0.5, 0.6) is 0 Å². The molecule has 3 aliphatic heterocycles. The highest BCUT2D eigenvalue weighted by Crippen LogP contribution is 2.31. The largest absolute Gasteiger partial charge is 0.338 e. The standard InChI is InChI=1S/C21H25FN4O6S/c1-25(15(27)11-33(2,30)31)14-5-3-4-10-26-18(14)23-16-17(21(26)29)32-20(24-19(16)28)12-6-8-13(22)9-7-12/h6-9,14,16-17,20H,3-5,10-11H2,1-2H3,(H,24,28). The SMILES string of the molecule is CN(C(=O)CS(C)(=O)=O)C1CCCCN2C(=O)C3OC(c4ccc(F)cc4)NC(=O)C3N=C12. The lowest BCUT2D eigenvalue weighted by molar-refractivity contribution is -0.164. The van der Waals surface area contributed by atoms with E-state index in [1.165, 1.54) is 41.1 Å². The van der Waals surface area contributed by atoms with Crippen LogP contribution in [0.25, 0.3) is 0 Å². The Morgan fingerprint density at radius 1 is 1.27 bits per heavy atom. The first-order valence-corrected chi connectivity index (χ1v) is 12.6. The first kappa shape index (κ1) is 23.3. The number of likely N-dealkylation sites (N-methyl/N-ethyl adjacent to an activating group) is 1. The number of amidine groups is 1. The zero-order chi connectivity index (χ0) is 23.9. The molecule has 0 aliphatic carbocycles. The number of nitrogens with one attached hydrogen (secondary N) is 1. The molecule has 3 aliphatic rings. The van der Waals surface area contributed by atoms with E-state index in [0.29, 0.717) is 31.4 Å². The number of benzene rings is 1. The molecular formula is C21H25FN4O6S. The lowest BCUT2D eigenvalue weighted by Crippen LogP contribution is -2.64. The van der Waals surface area contributed by atoms with Crippen LogP contribution in [0, 0.1) is 5.82 Å². The third-order valence-electron chi connectivity index (χ3n) is 6.00. The molecule has 0 bridgehead atoms. The molecule has 4 unspecified atom stereocenters. The summed E-state index contributed by atoms with van der Waals surface area (Å²) in [6.07, 6.45) is 0.707. The lowest BCUT2D eigenvalue weighted by Gasteiger charge is -2.42. The molecule has 4 atom stereocenters. The van der Waals surface area contributed by atoms with E-state index < -0.39 is 63.5 Å². The summed E-state index contributed by atoms with van der Waals surface area (Å²) in [7, 11) is -2.06. The van der Waals surface area contributed by atoms with Crippen LogP contribution in [-0.2, 0) is 29.0 Å². The van der Waals surface area contributed by atoms with Gasteiger partial charge in [0.1, 0.15) is 17.4 Å². The zero-order valence-corrected chi connectivity index (χ0v) is 19.0. The summed E-state index contributed by atoms with van der Waals surface area (Å²) in [6.45, 7) is 0.345. The van der Waals surface area contributed by atoms with E-state index >= 15 is 0 Å². The van der Waals surface area contributed by atoms with Crippen LogP contribution in [-0.4, -0.2) is 85.6 Å². The Kier molecular flexibility index (Phi) is 6.23.